The van der Waals surface area contributed by atoms with Gasteiger partial charge in [-0.05, 0) is 6.07 Å². The van der Waals surface area contributed by atoms with Crippen molar-refractivity contribution in [2.24, 2.45) is 0 Å². The van der Waals surface area contributed by atoms with Crippen molar-refractivity contribution in [1.82, 2.24) is 5.16 Å². The molecule has 0 saturated carbocycles. The molecule has 2 aromatic rings. The number of amides is 1. The number of carbonyl (C=O) groups excluding carboxylic acids is 1. The molecule has 9 heteroatoms. The van der Waals surface area contributed by atoms with Gasteiger partial charge in [0, 0.05) is 17.4 Å². The van der Waals surface area contributed by atoms with Gasteiger partial charge < -0.3 is 14.0 Å². The molecule has 0 spiro atoms. The smallest absolute Gasteiger partial charge is 0.287 e. The quantitative estimate of drug-likeness (QED) is 0.835. The van der Waals surface area contributed by atoms with Crippen molar-refractivity contribution in [3.63, 3.8) is 0 Å². The maximum atomic E-state index is 14.3. The number of hydrogen-bond acceptors (Lipinski definition) is 6. The van der Waals surface area contributed by atoms with E-state index in [0.717, 1.165) is 11.8 Å². The standard InChI is InChI=1S/C14H12F2N2O4S/c1-6-5-18(14(19)23-6)12-8-4-7(13-20-2-3-21-13)9(15)10(16)11(8)22-17-12/h4,6,13H,2-3,5H2,1H3/t6-/m0/s1. The summed E-state index contributed by atoms with van der Waals surface area (Å²) in [5, 5.41) is 3.87. The van der Waals surface area contributed by atoms with Crippen LogP contribution in [-0.2, 0) is 9.47 Å². The monoisotopic (exact) mass is 342 g/mol. The Balaban J connectivity index is 1.86. The minimum Gasteiger partial charge on any atom is -0.351 e. The SMILES string of the molecule is C[C@H]1CN(c2noc3c(F)c(F)c(C4OCCO4)cc23)C(=O)S1. The average molecular weight is 342 g/mol. The van der Waals surface area contributed by atoms with E-state index in [9.17, 15) is 13.6 Å². The first-order valence-electron chi connectivity index (χ1n) is 7.05. The maximum Gasteiger partial charge on any atom is 0.287 e. The fraction of sp³-hybridized carbons (Fsp3) is 0.429. The van der Waals surface area contributed by atoms with Gasteiger partial charge in [0.1, 0.15) is 0 Å². The Morgan fingerprint density at radius 2 is 2.04 bits per heavy atom. The summed E-state index contributed by atoms with van der Waals surface area (Å²) in [6.07, 6.45) is -0.973. The highest BCUT2D eigenvalue weighted by Gasteiger charge is 2.34. The summed E-state index contributed by atoms with van der Waals surface area (Å²) < 4.78 is 43.9. The third-order valence-corrected chi connectivity index (χ3v) is 4.72. The number of carbonyl (C=O) groups is 1. The number of thioether (sulfide) groups is 1. The predicted molar refractivity (Wildman–Crippen MR) is 78.4 cm³/mol. The van der Waals surface area contributed by atoms with Gasteiger partial charge >= 0.3 is 0 Å². The van der Waals surface area contributed by atoms with Crippen LogP contribution in [-0.4, -0.2) is 35.4 Å². The number of rotatable bonds is 2. The highest BCUT2D eigenvalue weighted by molar-refractivity contribution is 8.14. The minimum atomic E-state index is -1.16. The van der Waals surface area contributed by atoms with Crippen LogP contribution in [0.25, 0.3) is 11.0 Å². The largest absolute Gasteiger partial charge is 0.351 e. The second kappa shape index (κ2) is 5.43. The molecule has 23 heavy (non-hydrogen) atoms. The van der Waals surface area contributed by atoms with Gasteiger partial charge in [-0.1, -0.05) is 23.8 Å². The number of hydrogen-bond donors (Lipinski definition) is 0. The van der Waals surface area contributed by atoms with Crippen LogP contribution in [0.1, 0.15) is 18.8 Å². The average Bonchev–Trinajstić information content (AvgIpc) is 3.22. The van der Waals surface area contributed by atoms with Gasteiger partial charge in [-0.15, -0.1) is 0 Å². The summed E-state index contributed by atoms with van der Waals surface area (Å²) in [4.78, 5) is 13.4. The van der Waals surface area contributed by atoms with E-state index in [2.05, 4.69) is 5.16 Å². The third kappa shape index (κ3) is 2.30. The van der Waals surface area contributed by atoms with Crippen LogP contribution < -0.4 is 4.90 Å². The molecule has 0 N–H and O–H groups in total. The predicted octanol–water partition coefficient (Wildman–Crippen LogP) is 3.21. The van der Waals surface area contributed by atoms with Crippen molar-refractivity contribution in [1.29, 1.82) is 0 Å². The normalized spacial score (nSPS) is 22.7. The molecule has 3 heterocycles. The Kier molecular flexibility index (Phi) is 3.51. The lowest BCUT2D eigenvalue weighted by Crippen LogP contribution is -2.24. The summed E-state index contributed by atoms with van der Waals surface area (Å²) in [6.45, 7) is 2.94. The minimum absolute atomic E-state index is 0.0655. The van der Waals surface area contributed by atoms with E-state index < -0.39 is 17.9 Å². The van der Waals surface area contributed by atoms with Crippen molar-refractivity contribution in [3.05, 3.63) is 23.3 Å². The van der Waals surface area contributed by atoms with Crippen LogP contribution in [0.2, 0.25) is 0 Å². The Hall–Kier alpha value is -1.71. The lowest BCUT2D eigenvalue weighted by Gasteiger charge is -2.13. The molecule has 2 saturated heterocycles. The molecule has 1 aromatic carbocycles. The molecule has 1 aromatic heterocycles. The molecule has 122 valence electrons. The van der Waals surface area contributed by atoms with Crippen LogP contribution in [0.15, 0.2) is 10.6 Å². The summed E-state index contributed by atoms with van der Waals surface area (Å²) in [5.74, 6) is -2.08. The molecular weight excluding hydrogens is 330 g/mol. The van der Waals surface area contributed by atoms with Gasteiger partial charge in [0.25, 0.3) is 5.24 Å². The number of benzene rings is 1. The van der Waals surface area contributed by atoms with Crippen molar-refractivity contribution >= 4 is 33.8 Å². The third-order valence-electron chi connectivity index (χ3n) is 3.75. The Morgan fingerprint density at radius 1 is 1.30 bits per heavy atom. The second-order valence-electron chi connectivity index (χ2n) is 5.36. The molecule has 0 unspecified atom stereocenters. The van der Waals surface area contributed by atoms with E-state index in [0.29, 0.717) is 19.8 Å². The summed E-state index contributed by atoms with van der Waals surface area (Å²) >= 11 is 1.16. The lowest BCUT2D eigenvalue weighted by molar-refractivity contribution is -0.0467. The molecule has 2 fully saturated rings. The Labute approximate surface area is 133 Å². The van der Waals surface area contributed by atoms with E-state index in [-0.39, 0.29) is 32.8 Å². The van der Waals surface area contributed by atoms with E-state index in [1.165, 1.54) is 11.0 Å². The van der Waals surface area contributed by atoms with Crippen LogP contribution in [0, 0.1) is 11.6 Å². The molecule has 2 aliphatic rings. The summed E-state index contributed by atoms with van der Waals surface area (Å²) in [7, 11) is 0. The van der Waals surface area contributed by atoms with Crippen molar-refractivity contribution in [3.8, 4) is 0 Å². The van der Waals surface area contributed by atoms with Crippen LogP contribution >= 0.6 is 11.8 Å². The first-order valence-corrected chi connectivity index (χ1v) is 7.93. The Morgan fingerprint density at radius 3 is 2.70 bits per heavy atom. The number of halogens is 2. The van der Waals surface area contributed by atoms with Gasteiger partial charge in [-0.2, -0.15) is 4.39 Å². The van der Waals surface area contributed by atoms with Gasteiger partial charge in [-0.25, -0.2) is 4.39 Å². The van der Waals surface area contributed by atoms with Crippen LogP contribution in [0.5, 0.6) is 0 Å². The zero-order chi connectivity index (χ0) is 16.1. The summed E-state index contributed by atoms with van der Waals surface area (Å²) in [6, 6.07) is 1.37. The molecule has 1 amide bonds. The second-order valence-corrected chi connectivity index (χ2v) is 6.74. The van der Waals surface area contributed by atoms with Gasteiger partial charge in [-0.3, -0.25) is 9.69 Å². The Bertz CT molecular complexity index is 791. The number of anilines is 1. The van der Waals surface area contributed by atoms with Gasteiger partial charge in [0.15, 0.2) is 17.9 Å². The zero-order valence-electron chi connectivity index (χ0n) is 12.0. The van der Waals surface area contributed by atoms with Crippen molar-refractivity contribution in [2.75, 3.05) is 24.7 Å². The van der Waals surface area contributed by atoms with Gasteiger partial charge in [0.2, 0.25) is 11.4 Å². The highest BCUT2D eigenvalue weighted by Crippen LogP contribution is 2.38. The van der Waals surface area contributed by atoms with E-state index in [4.69, 9.17) is 14.0 Å². The number of nitrogens with zero attached hydrogens (tertiary/aromatic N) is 2. The molecule has 6 nitrogen and oxygen atoms in total. The topological polar surface area (TPSA) is 64.8 Å². The van der Waals surface area contributed by atoms with E-state index in [1.54, 1.807) is 0 Å². The first kappa shape index (κ1) is 14.9. The molecule has 4 rings (SSSR count). The fourth-order valence-corrected chi connectivity index (χ4v) is 3.56. The van der Waals surface area contributed by atoms with E-state index in [1.807, 2.05) is 6.92 Å². The number of fused-ring (bicyclic) bond motifs is 1. The highest BCUT2D eigenvalue weighted by atomic mass is 32.2. The van der Waals surface area contributed by atoms with Gasteiger partial charge in [0.05, 0.1) is 18.6 Å². The first-order chi connectivity index (χ1) is 11.1. The maximum absolute atomic E-state index is 14.3. The van der Waals surface area contributed by atoms with E-state index >= 15 is 0 Å². The van der Waals surface area contributed by atoms with Crippen molar-refractivity contribution in [2.45, 2.75) is 18.5 Å². The number of ether oxygens (including phenoxy) is 2. The van der Waals surface area contributed by atoms with Crippen LogP contribution in [0.4, 0.5) is 19.4 Å². The molecule has 0 radical (unpaired) electrons. The van der Waals surface area contributed by atoms with Crippen LogP contribution in [0.3, 0.4) is 0 Å². The summed E-state index contributed by atoms with van der Waals surface area (Å²) in [5.41, 5.74) is -0.388. The zero-order valence-corrected chi connectivity index (χ0v) is 12.9. The molecular formula is C14H12F2N2O4S. The molecule has 0 bridgehead atoms. The fourth-order valence-electron chi connectivity index (χ4n) is 2.70. The molecule has 2 aliphatic heterocycles. The lowest BCUT2D eigenvalue weighted by atomic mass is 10.1. The van der Waals surface area contributed by atoms with Crippen molar-refractivity contribution < 1.29 is 27.6 Å². The number of aromatic nitrogens is 1. The molecule has 0 aliphatic carbocycles. The molecule has 1 atom stereocenters.